The van der Waals surface area contributed by atoms with Gasteiger partial charge >= 0.3 is 0 Å². The van der Waals surface area contributed by atoms with Crippen molar-refractivity contribution in [3.05, 3.63) is 0 Å². The summed E-state index contributed by atoms with van der Waals surface area (Å²) >= 11 is 0. The number of rotatable bonds is 7. The van der Waals surface area contributed by atoms with Crippen LogP contribution >= 0.6 is 0 Å². The Hall–Kier alpha value is -0.0800. The number of nitrogens with one attached hydrogen (secondary N) is 1. The van der Waals surface area contributed by atoms with Crippen LogP contribution in [0, 0.1) is 0 Å². The molecule has 0 heterocycles. The predicted octanol–water partition coefficient (Wildman–Crippen LogP) is 3.42. The fraction of sp³-hybridized carbons (Fsp3) is 1.00. The van der Waals surface area contributed by atoms with E-state index in [-0.39, 0.29) is 0 Å². The summed E-state index contributed by atoms with van der Waals surface area (Å²) in [7, 11) is 0. The lowest BCUT2D eigenvalue weighted by Gasteiger charge is -2.19. The summed E-state index contributed by atoms with van der Waals surface area (Å²) in [4.78, 5) is 5.72. The molecule has 0 atom stereocenters. The van der Waals surface area contributed by atoms with Gasteiger partial charge in [-0.15, -0.1) is 0 Å². The van der Waals surface area contributed by atoms with Gasteiger partial charge in [-0.3, -0.25) is 4.84 Å². The molecule has 0 amide bonds. The molecule has 1 rings (SSSR count). The molecule has 0 unspecified atom stereocenters. The third kappa shape index (κ3) is 4.43. The first-order chi connectivity index (χ1) is 6.86. The van der Waals surface area contributed by atoms with Crippen molar-refractivity contribution in [2.75, 3.05) is 0 Å². The standard InChI is InChI=1S/C12H25NO/c1-3-7-11(8-4-2)13-14-12-9-5-6-10-12/h11-13H,3-10H2,1-2H3. The molecule has 1 aliphatic carbocycles. The lowest BCUT2D eigenvalue weighted by atomic mass is 10.1. The van der Waals surface area contributed by atoms with E-state index in [1.54, 1.807) is 0 Å². The molecule has 84 valence electrons. The maximum Gasteiger partial charge on any atom is 0.0790 e. The Balaban J connectivity index is 2.10. The monoisotopic (exact) mass is 199 g/mol. The molecule has 0 saturated heterocycles. The second-order valence-corrected chi connectivity index (χ2v) is 4.42. The Morgan fingerprint density at radius 3 is 2.21 bits per heavy atom. The van der Waals surface area contributed by atoms with Crippen LogP contribution in [0.2, 0.25) is 0 Å². The van der Waals surface area contributed by atoms with Gasteiger partial charge in [0.1, 0.15) is 0 Å². The summed E-state index contributed by atoms with van der Waals surface area (Å²) in [5.41, 5.74) is 3.26. The molecule has 0 aromatic heterocycles. The van der Waals surface area contributed by atoms with Gasteiger partial charge < -0.3 is 0 Å². The maximum atomic E-state index is 5.72. The normalized spacial score (nSPS) is 18.2. The summed E-state index contributed by atoms with van der Waals surface area (Å²) < 4.78 is 0. The quantitative estimate of drug-likeness (QED) is 0.634. The highest BCUT2D eigenvalue weighted by Crippen LogP contribution is 2.20. The highest BCUT2D eigenvalue weighted by atomic mass is 16.7. The smallest absolute Gasteiger partial charge is 0.0790 e. The van der Waals surface area contributed by atoms with E-state index in [0.717, 1.165) is 0 Å². The van der Waals surface area contributed by atoms with E-state index in [1.807, 2.05) is 0 Å². The Kier molecular flexibility index (Phi) is 6.20. The Bertz CT molecular complexity index is 126. The van der Waals surface area contributed by atoms with Crippen molar-refractivity contribution in [2.24, 2.45) is 0 Å². The van der Waals surface area contributed by atoms with Crippen molar-refractivity contribution in [2.45, 2.75) is 77.4 Å². The average molecular weight is 199 g/mol. The van der Waals surface area contributed by atoms with Crippen molar-refractivity contribution >= 4 is 0 Å². The van der Waals surface area contributed by atoms with Crippen LogP contribution < -0.4 is 5.48 Å². The molecule has 1 N–H and O–H groups in total. The Morgan fingerprint density at radius 1 is 1.14 bits per heavy atom. The molecule has 0 aliphatic heterocycles. The fourth-order valence-corrected chi connectivity index (χ4v) is 2.16. The second-order valence-electron chi connectivity index (χ2n) is 4.42. The third-order valence-corrected chi connectivity index (χ3v) is 2.98. The van der Waals surface area contributed by atoms with Crippen LogP contribution in [-0.2, 0) is 4.84 Å². The topological polar surface area (TPSA) is 21.3 Å². The van der Waals surface area contributed by atoms with Gasteiger partial charge in [-0.1, -0.05) is 39.5 Å². The van der Waals surface area contributed by atoms with Gasteiger partial charge in [0.05, 0.1) is 6.10 Å². The lowest BCUT2D eigenvalue weighted by molar-refractivity contribution is -0.0430. The average Bonchev–Trinajstić information content (AvgIpc) is 2.67. The molecule has 0 aromatic rings. The maximum absolute atomic E-state index is 5.72. The summed E-state index contributed by atoms with van der Waals surface area (Å²) in [5.74, 6) is 0. The molecule has 2 heteroatoms. The molecule has 0 spiro atoms. The highest BCUT2D eigenvalue weighted by molar-refractivity contribution is 4.67. The Morgan fingerprint density at radius 2 is 1.71 bits per heavy atom. The SMILES string of the molecule is CCCC(CCC)NOC1CCCC1. The van der Waals surface area contributed by atoms with Crippen molar-refractivity contribution in [3.8, 4) is 0 Å². The zero-order valence-corrected chi connectivity index (χ0v) is 9.72. The minimum Gasteiger partial charge on any atom is -0.298 e. The van der Waals surface area contributed by atoms with E-state index in [2.05, 4.69) is 19.3 Å². The molecule has 0 bridgehead atoms. The highest BCUT2D eigenvalue weighted by Gasteiger charge is 2.17. The summed E-state index contributed by atoms with van der Waals surface area (Å²) in [6.07, 6.45) is 10.6. The van der Waals surface area contributed by atoms with Crippen LogP contribution in [0.1, 0.15) is 65.2 Å². The van der Waals surface area contributed by atoms with Crippen molar-refractivity contribution in [1.29, 1.82) is 0 Å². The third-order valence-electron chi connectivity index (χ3n) is 2.98. The number of hydrogen-bond donors (Lipinski definition) is 1. The van der Waals surface area contributed by atoms with E-state index < -0.39 is 0 Å². The number of hydroxylamine groups is 1. The molecule has 14 heavy (non-hydrogen) atoms. The van der Waals surface area contributed by atoms with Crippen LogP contribution in [0.15, 0.2) is 0 Å². The van der Waals surface area contributed by atoms with E-state index in [9.17, 15) is 0 Å². The predicted molar refractivity (Wildman–Crippen MR) is 60.1 cm³/mol. The van der Waals surface area contributed by atoms with Gasteiger partial charge in [0.25, 0.3) is 0 Å². The molecule has 0 aromatic carbocycles. The molecule has 1 saturated carbocycles. The Labute approximate surface area is 88.4 Å². The summed E-state index contributed by atoms with van der Waals surface area (Å²) in [5, 5.41) is 0. The van der Waals surface area contributed by atoms with E-state index in [0.29, 0.717) is 12.1 Å². The van der Waals surface area contributed by atoms with Gasteiger partial charge in [0.15, 0.2) is 0 Å². The van der Waals surface area contributed by atoms with Crippen LogP contribution in [0.4, 0.5) is 0 Å². The van der Waals surface area contributed by atoms with E-state index >= 15 is 0 Å². The van der Waals surface area contributed by atoms with E-state index in [1.165, 1.54) is 51.4 Å². The van der Waals surface area contributed by atoms with E-state index in [4.69, 9.17) is 4.84 Å². The molecule has 1 aliphatic rings. The number of hydrogen-bond acceptors (Lipinski definition) is 2. The van der Waals surface area contributed by atoms with Crippen molar-refractivity contribution in [1.82, 2.24) is 5.48 Å². The zero-order chi connectivity index (χ0) is 10.2. The van der Waals surface area contributed by atoms with Crippen LogP contribution in [0.5, 0.6) is 0 Å². The van der Waals surface area contributed by atoms with Gasteiger partial charge in [-0.25, -0.2) is 0 Å². The molecular weight excluding hydrogens is 174 g/mol. The van der Waals surface area contributed by atoms with Crippen LogP contribution in [-0.4, -0.2) is 12.1 Å². The van der Waals surface area contributed by atoms with Gasteiger partial charge in [-0.2, -0.15) is 5.48 Å². The first-order valence-corrected chi connectivity index (χ1v) is 6.28. The van der Waals surface area contributed by atoms with Crippen molar-refractivity contribution < 1.29 is 4.84 Å². The van der Waals surface area contributed by atoms with Crippen LogP contribution in [0.25, 0.3) is 0 Å². The molecule has 1 fully saturated rings. The molecule has 2 nitrogen and oxygen atoms in total. The van der Waals surface area contributed by atoms with Gasteiger partial charge in [0.2, 0.25) is 0 Å². The first-order valence-electron chi connectivity index (χ1n) is 6.28. The molecule has 0 radical (unpaired) electrons. The van der Waals surface area contributed by atoms with Gasteiger partial charge in [0, 0.05) is 6.04 Å². The largest absolute Gasteiger partial charge is 0.298 e. The van der Waals surface area contributed by atoms with Gasteiger partial charge in [-0.05, 0) is 25.7 Å². The lowest BCUT2D eigenvalue weighted by Crippen LogP contribution is -2.32. The van der Waals surface area contributed by atoms with Crippen LogP contribution in [0.3, 0.4) is 0 Å². The minimum atomic E-state index is 0.492. The minimum absolute atomic E-state index is 0.492. The first kappa shape index (κ1) is 12.0. The van der Waals surface area contributed by atoms with Crippen molar-refractivity contribution in [3.63, 3.8) is 0 Å². The molecular formula is C12H25NO. The summed E-state index contributed by atoms with van der Waals surface area (Å²) in [6, 6.07) is 0.575. The zero-order valence-electron chi connectivity index (χ0n) is 9.72. The second kappa shape index (κ2) is 7.24. The summed E-state index contributed by atoms with van der Waals surface area (Å²) in [6.45, 7) is 4.47. The fourth-order valence-electron chi connectivity index (χ4n) is 2.16.